The van der Waals surface area contributed by atoms with Gasteiger partial charge in [-0.05, 0) is 35.7 Å². The smallest absolute Gasteiger partial charge is 0.343 e. The Hall–Kier alpha value is -1.70. The molecule has 0 bridgehead atoms. The Morgan fingerprint density at radius 1 is 1.04 bits per heavy atom. The first-order valence-corrected chi connectivity index (χ1v) is 11.4. The van der Waals surface area contributed by atoms with E-state index in [0.29, 0.717) is 11.3 Å². The number of benzene rings is 2. The molecule has 2 N–H and O–H groups in total. The fourth-order valence-corrected chi connectivity index (χ4v) is 6.39. The summed E-state index contributed by atoms with van der Waals surface area (Å²) in [5.74, 6) is -1.59. The summed E-state index contributed by atoms with van der Waals surface area (Å²) in [5, 5.41) is 0. The maximum Gasteiger partial charge on any atom is 0.343 e. The Morgan fingerprint density at radius 3 is 2.04 bits per heavy atom. The van der Waals surface area contributed by atoms with Gasteiger partial charge in [-0.3, -0.25) is 4.57 Å². The third-order valence-corrected chi connectivity index (χ3v) is 7.65. The molecule has 2 aromatic carbocycles. The largest absolute Gasteiger partial charge is 0.497 e. The maximum atomic E-state index is 13.3. The van der Waals surface area contributed by atoms with Gasteiger partial charge in [-0.25, -0.2) is 8.42 Å². The van der Waals surface area contributed by atoms with Crippen LogP contribution in [-0.2, 0) is 21.1 Å². The van der Waals surface area contributed by atoms with Crippen molar-refractivity contribution in [3.63, 3.8) is 0 Å². The van der Waals surface area contributed by atoms with Crippen LogP contribution in [0.2, 0.25) is 0 Å². The molecular formula is C18H24NO6PS. The first-order valence-electron chi connectivity index (χ1n) is 8.32. The molecule has 0 aliphatic rings. The van der Waals surface area contributed by atoms with Crippen molar-refractivity contribution >= 4 is 17.6 Å². The zero-order valence-corrected chi connectivity index (χ0v) is 17.1. The average Bonchev–Trinajstić information content (AvgIpc) is 2.60. The number of rotatable bonds is 8. The first-order chi connectivity index (χ1) is 12.6. The Kier molecular flexibility index (Phi) is 6.83. The SMILES string of the molecule is COc1ccc(S(=O)(=O)N(Cc2ccccc2)C(C(C)C)P(=O)(O)O)cc1. The molecule has 0 spiro atoms. The van der Waals surface area contributed by atoms with Gasteiger partial charge in [0, 0.05) is 6.54 Å². The van der Waals surface area contributed by atoms with Gasteiger partial charge >= 0.3 is 7.60 Å². The van der Waals surface area contributed by atoms with Crippen molar-refractivity contribution in [1.29, 1.82) is 0 Å². The Morgan fingerprint density at radius 2 is 1.59 bits per heavy atom. The van der Waals surface area contributed by atoms with Crippen molar-refractivity contribution < 1.29 is 27.5 Å². The van der Waals surface area contributed by atoms with Gasteiger partial charge in [-0.1, -0.05) is 44.2 Å². The van der Waals surface area contributed by atoms with Crippen LogP contribution < -0.4 is 4.74 Å². The summed E-state index contributed by atoms with van der Waals surface area (Å²) in [5.41, 5.74) is 0.633. The van der Waals surface area contributed by atoms with Gasteiger partial charge in [-0.2, -0.15) is 4.31 Å². The van der Waals surface area contributed by atoms with Crippen molar-refractivity contribution in [3.8, 4) is 5.75 Å². The highest BCUT2D eigenvalue weighted by atomic mass is 32.2. The van der Waals surface area contributed by atoms with Gasteiger partial charge in [0.25, 0.3) is 0 Å². The number of nitrogens with zero attached hydrogens (tertiary/aromatic N) is 1. The molecule has 0 saturated heterocycles. The third kappa shape index (κ3) is 5.18. The normalized spacial score (nSPS) is 13.7. The second-order valence-electron chi connectivity index (χ2n) is 6.46. The summed E-state index contributed by atoms with van der Waals surface area (Å²) < 4.78 is 44.6. The van der Waals surface area contributed by atoms with Gasteiger partial charge in [-0.15, -0.1) is 0 Å². The molecule has 1 unspecified atom stereocenters. The predicted octanol–water partition coefficient (Wildman–Crippen LogP) is 3.05. The predicted molar refractivity (Wildman–Crippen MR) is 103 cm³/mol. The molecule has 7 nitrogen and oxygen atoms in total. The fraction of sp³-hybridized carbons (Fsp3) is 0.333. The van der Waals surface area contributed by atoms with E-state index < -0.39 is 29.3 Å². The molecule has 2 aromatic rings. The van der Waals surface area contributed by atoms with E-state index in [9.17, 15) is 22.8 Å². The lowest BCUT2D eigenvalue weighted by Crippen LogP contribution is -2.42. The first kappa shape index (κ1) is 21.6. The highest BCUT2D eigenvalue weighted by Crippen LogP contribution is 2.48. The van der Waals surface area contributed by atoms with Gasteiger partial charge < -0.3 is 14.5 Å². The summed E-state index contributed by atoms with van der Waals surface area (Å²) in [6, 6.07) is 14.4. The molecule has 0 radical (unpaired) electrons. The van der Waals surface area contributed by atoms with E-state index in [2.05, 4.69) is 0 Å². The minimum absolute atomic E-state index is 0.0571. The van der Waals surface area contributed by atoms with Gasteiger partial charge in [0.1, 0.15) is 11.5 Å². The molecule has 1 atom stereocenters. The zero-order valence-electron chi connectivity index (χ0n) is 15.4. The molecule has 0 fully saturated rings. The average molecular weight is 413 g/mol. The van der Waals surface area contributed by atoms with Crippen molar-refractivity contribution in [2.75, 3.05) is 7.11 Å². The van der Waals surface area contributed by atoms with E-state index >= 15 is 0 Å². The summed E-state index contributed by atoms with van der Waals surface area (Å²) in [7, 11) is -7.44. The second kappa shape index (κ2) is 8.54. The molecule has 148 valence electrons. The van der Waals surface area contributed by atoms with Crippen LogP contribution in [-0.4, -0.2) is 35.4 Å². The molecular weight excluding hydrogens is 389 g/mol. The van der Waals surface area contributed by atoms with Crippen molar-refractivity contribution in [3.05, 3.63) is 60.2 Å². The topological polar surface area (TPSA) is 104 Å². The molecule has 0 aromatic heterocycles. The van der Waals surface area contributed by atoms with Crippen molar-refractivity contribution in [1.82, 2.24) is 4.31 Å². The number of hydrogen-bond donors (Lipinski definition) is 2. The number of sulfonamides is 1. The maximum absolute atomic E-state index is 13.3. The molecule has 9 heteroatoms. The summed E-state index contributed by atoms with van der Waals surface area (Å²) in [6.07, 6.45) is 0. The Balaban J connectivity index is 2.57. The quantitative estimate of drug-likeness (QED) is 0.645. The highest BCUT2D eigenvalue weighted by Gasteiger charge is 2.43. The van der Waals surface area contributed by atoms with Crippen LogP contribution in [0.4, 0.5) is 0 Å². The Labute approximate surface area is 159 Å². The van der Waals surface area contributed by atoms with Gasteiger partial charge in [0.15, 0.2) is 0 Å². The van der Waals surface area contributed by atoms with E-state index in [0.717, 1.165) is 4.31 Å². The lowest BCUT2D eigenvalue weighted by molar-refractivity contribution is 0.257. The van der Waals surface area contributed by atoms with Crippen molar-refractivity contribution in [2.24, 2.45) is 5.92 Å². The zero-order chi connectivity index (χ0) is 20.2. The molecule has 0 amide bonds. The molecule has 0 saturated carbocycles. The van der Waals surface area contributed by atoms with Crippen LogP contribution in [0.15, 0.2) is 59.5 Å². The van der Waals surface area contributed by atoms with Crippen LogP contribution in [0.25, 0.3) is 0 Å². The van der Waals surface area contributed by atoms with Crippen LogP contribution in [0.5, 0.6) is 5.75 Å². The molecule has 0 aliphatic heterocycles. The number of methoxy groups -OCH3 is 1. The molecule has 2 rings (SSSR count). The summed E-state index contributed by atoms with van der Waals surface area (Å²) in [6.45, 7) is 3.03. The number of hydrogen-bond acceptors (Lipinski definition) is 4. The lowest BCUT2D eigenvalue weighted by Gasteiger charge is -2.33. The van der Waals surface area contributed by atoms with Crippen LogP contribution in [0, 0.1) is 5.92 Å². The summed E-state index contributed by atoms with van der Waals surface area (Å²) in [4.78, 5) is 19.7. The molecule has 0 heterocycles. The Bertz CT molecular complexity index is 893. The van der Waals surface area contributed by atoms with E-state index in [1.165, 1.54) is 31.4 Å². The number of ether oxygens (including phenoxy) is 1. The minimum Gasteiger partial charge on any atom is -0.497 e. The minimum atomic E-state index is -4.74. The van der Waals surface area contributed by atoms with E-state index in [1.807, 2.05) is 0 Å². The standard InChI is InChI=1S/C18H24NO6PS/c1-14(2)18(26(20,21)22)19(13-15-7-5-4-6-8-15)27(23,24)17-11-9-16(25-3)10-12-17/h4-12,14,18H,13H2,1-3H3,(H2,20,21,22). The molecule has 0 aliphatic carbocycles. The second-order valence-corrected chi connectivity index (χ2v) is 10.1. The summed E-state index contributed by atoms with van der Waals surface area (Å²) >= 11 is 0. The molecule has 27 heavy (non-hydrogen) atoms. The van der Waals surface area contributed by atoms with E-state index in [1.54, 1.807) is 44.2 Å². The van der Waals surface area contributed by atoms with Crippen molar-refractivity contribution in [2.45, 2.75) is 31.1 Å². The van der Waals surface area contributed by atoms with Gasteiger partial charge in [0.2, 0.25) is 10.0 Å². The van der Waals surface area contributed by atoms with Crippen LogP contribution in [0.3, 0.4) is 0 Å². The lowest BCUT2D eigenvalue weighted by atomic mass is 10.2. The monoisotopic (exact) mass is 413 g/mol. The third-order valence-electron chi connectivity index (χ3n) is 4.08. The van der Waals surface area contributed by atoms with Crippen LogP contribution >= 0.6 is 7.60 Å². The highest BCUT2D eigenvalue weighted by molar-refractivity contribution is 7.89. The fourth-order valence-electron chi connectivity index (χ4n) is 2.86. The van der Waals surface area contributed by atoms with E-state index in [4.69, 9.17) is 4.74 Å². The van der Waals surface area contributed by atoms with Gasteiger partial charge in [0.05, 0.1) is 12.0 Å². The van der Waals surface area contributed by atoms with E-state index in [-0.39, 0.29) is 11.4 Å². The van der Waals surface area contributed by atoms with Crippen LogP contribution in [0.1, 0.15) is 19.4 Å².